The predicted molar refractivity (Wildman–Crippen MR) is 64.2 cm³/mol. The lowest BCUT2D eigenvalue weighted by atomic mass is 10.2. The molecule has 1 rings (SSSR count). The minimum absolute atomic E-state index is 0.307. The van der Waals surface area contributed by atoms with Gasteiger partial charge in [0.2, 0.25) is 0 Å². The third-order valence-corrected chi connectivity index (χ3v) is 3.44. The van der Waals surface area contributed by atoms with E-state index in [1.54, 1.807) is 11.3 Å². The van der Waals surface area contributed by atoms with E-state index in [-0.39, 0.29) is 0 Å². The van der Waals surface area contributed by atoms with Crippen LogP contribution < -0.4 is 5.32 Å². The number of nitrogens with one attached hydrogen (secondary N) is 1. The van der Waals surface area contributed by atoms with Gasteiger partial charge in [-0.05, 0) is 39.7 Å². The topological polar surface area (TPSA) is 45.1 Å². The van der Waals surface area contributed by atoms with Crippen molar-refractivity contribution in [3.63, 3.8) is 0 Å². The lowest BCUT2D eigenvalue weighted by Gasteiger charge is -2.10. The summed E-state index contributed by atoms with van der Waals surface area (Å²) in [6.07, 6.45) is 3.12. The number of aliphatic hydroxyl groups is 1. The van der Waals surface area contributed by atoms with Gasteiger partial charge in [0.25, 0.3) is 0 Å². The van der Waals surface area contributed by atoms with Crippen LogP contribution in [0.2, 0.25) is 0 Å². The fraction of sp³-hybridized carbons (Fsp3) is 0.727. The molecule has 0 spiro atoms. The molecule has 0 saturated heterocycles. The van der Waals surface area contributed by atoms with Crippen LogP contribution in [-0.4, -0.2) is 23.2 Å². The van der Waals surface area contributed by atoms with Gasteiger partial charge in [-0.15, -0.1) is 11.3 Å². The Hall–Kier alpha value is -0.450. The van der Waals surface area contributed by atoms with Crippen LogP contribution in [0.25, 0.3) is 0 Å². The number of rotatable bonds is 7. The van der Waals surface area contributed by atoms with E-state index >= 15 is 0 Å². The average Bonchev–Trinajstić information content (AvgIpc) is 2.64. The van der Waals surface area contributed by atoms with Crippen LogP contribution in [0.4, 0.5) is 0 Å². The summed E-state index contributed by atoms with van der Waals surface area (Å²) in [6, 6.07) is 0.345. The monoisotopic (exact) mass is 228 g/mol. The molecular formula is C11H20N2OS. The normalized spacial score (nSPS) is 13.0. The smallest absolute Gasteiger partial charge is 0.110 e. The molecule has 0 bridgehead atoms. The average molecular weight is 228 g/mol. The lowest BCUT2D eigenvalue weighted by Crippen LogP contribution is -2.19. The number of thiazole rings is 1. The fourth-order valence-corrected chi connectivity index (χ4v) is 2.22. The first-order chi connectivity index (χ1) is 7.24. The van der Waals surface area contributed by atoms with Crippen LogP contribution in [0.1, 0.15) is 42.9 Å². The van der Waals surface area contributed by atoms with Crippen LogP contribution in [0.15, 0.2) is 5.38 Å². The van der Waals surface area contributed by atoms with Crippen molar-refractivity contribution in [2.75, 3.05) is 13.2 Å². The van der Waals surface area contributed by atoms with Crippen molar-refractivity contribution in [1.82, 2.24) is 10.3 Å². The van der Waals surface area contributed by atoms with Crippen LogP contribution in [0.5, 0.6) is 0 Å². The van der Waals surface area contributed by atoms with Gasteiger partial charge in [-0.25, -0.2) is 4.98 Å². The minimum Gasteiger partial charge on any atom is -0.396 e. The Kier molecular flexibility index (Phi) is 5.83. The third kappa shape index (κ3) is 4.73. The van der Waals surface area contributed by atoms with E-state index in [4.69, 9.17) is 5.11 Å². The lowest BCUT2D eigenvalue weighted by molar-refractivity contribution is 0.282. The van der Waals surface area contributed by atoms with Crippen LogP contribution in [0.3, 0.4) is 0 Å². The molecule has 3 nitrogen and oxygen atoms in total. The Balaban J connectivity index is 2.16. The maximum atomic E-state index is 8.63. The van der Waals surface area contributed by atoms with Crippen molar-refractivity contribution >= 4 is 11.3 Å². The van der Waals surface area contributed by atoms with Gasteiger partial charge in [0.1, 0.15) is 5.01 Å². The van der Waals surface area contributed by atoms with Gasteiger partial charge >= 0.3 is 0 Å². The Bertz CT molecular complexity index is 275. The zero-order valence-corrected chi connectivity index (χ0v) is 10.3. The van der Waals surface area contributed by atoms with Crippen molar-refractivity contribution in [2.45, 2.75) is 39.2 Å². The summed E-state index contributed by atoms with van der Waals surface area (Å²) in [7, 11) is 0. The van der Waals surface area contributed by atoms with E-state index in [1.807, 2.05) is 6.92 Å². The van der Waals surface area contributed by atoms with Gasteiger partial charge in [-0.1, -0.05) is 0 Å². The van der Waals surface area contributed by atoms with Crippen molar-refractivity contribution in [1.29, 1.82) is 0 Å². The zero-order valence-electron chi connectivity index (χ0n) is 9.49. The van der Waals surface area contributed by atoms with E-state index in [2.05, 4.69) is 22.6 Å². The molecule has 1 aromatic heterocycles. The summed E-state index contributed by atoms with van der Waals surface area (Å²) in [6.45, 7) is 5.47. The molecule has 0 aliphatic carbocycles. The molecule has 0 saturated carbocycles. The third-order valence-electron chi connectivity index (χ3n) is 2.29. The molecule has 15 heavy (non-hydrogen) atoms. The maximum absolute atomic E-state index is 8.63. The minimum atomic E-state index is 0.307. The molecule has 0 amide bonds. The Morgan fingerprint density at radius 3 is 2.87 bits per heavy atom. The first kappa shape index (κ1) is 12.6. The molecule has 1 unspecified atom stereocenters. The first-order valence-corrected chi connectivity index (χ1v) is 6.38. The van der Waals surface area contributed by atoms with Gasteiger partial charge in [-0.3, -0.25) is 0 Å². The maximum Gasteiger partial charge on any atom is 0.110 e. The number of aliphatic hydroxyl groups excluding tert-OH is 1. The molecule has 1 heterocycles. The van der Waals surface area contributed by atoms with E-state index in [9.17, 15) is 0 Å². The molecule has 0 aliphatic heterocycles. The number of hydrogen-bond donors (Lipinski definition) is 2. The second kappa shape index (κ2) is 6.93. The number of hydrogen-bond acceptors (Lipinski definition) is 4. The highest BCUT2D eigenvalue weighted by molar-refractivity contribution is 7.09. The highest BCUT2D eigenvalue weighted by Gasteiger charge is 2.07. The van der Waals surface area contributed by atoms with Gasteiger partial charge < -0.3 is 10.4 Å². The summed E-state index contributed by atoms with van der Waals surface area (Å²) >= 11 is 1.71. The highest BCUT2D eigenvalue weighted by Crippen LogP contribution is 2.17. The zero-order chi connectivity index (χ0) is 11.1. The van der Waals surface area contributed by atoms with Gasteiger partial charge in [-0.2, -0.15) is 0 Å². The molecule has 4 heteroatoms. The Morgan fingerprint density at radius 2 is 2.27 bits per heavy atom. The molecule has 86 valence electrons. The molecule has 1 aromatic rings. The molecular weight excluding hydrogens is 208 g/mol. The molecule has 0 aromatic carbocycles. The fourth-order valence-electron chi connectivity index (χ4n) is 1.39. The van der Waals surface area contributed by atoms with E-state index in [1.165, 1.54) is 0 Å². The van der Waals surface area contributed by atoms with Crippen LogP contribution >= 0.6 is 11.3 Å². The number of unbranched alkanes of at least 4 members (excludes halogenated alkanes) is 2. The first-order valence-electron chi connectivity index (χ1n) is 5.50. The quantitative estimate of drug-likeness (QED) is 0.704. The van der Waals surface area contributed by atoms with Gasteiger partial charge in [0.05, 0.1) is 6.04 Å². The molecule has 0 radical (unpaired) electrons. The summed E-state index contributed by atoms with van der Waals surface area (Å²) in [5.41, 5.74) is 1.10. The Morgan fingerprint density at radius 1 is 1.47 bits per heavy atom. The molecule has 2 N–H and O–H groups in total. The van der Waals surface area contributed by atoms with Crippen LogP contribution in [-0.2, 0) is 0 Å². The largest absolute Gasteiger partial charge is 0.396 e. The van der Waals surface area contributed by atoms with Crippen molar-refractivity contribution in [3.8, 4) is 0 Å². The van der Waals surface area contributed by atoms with Crippen molar-refractivity contribution < 1.29 is 5.11 Å². The van der Waals surface area contributed by atoms with Crippen molar-refractivity contribution in [2.24, 2.45) is 0 Å². The summed E-state index contributed by atoms with van der Waals surface area (Å²) in [5, 5.41) is 15.3. The Labute approximate surface area is 95.6 Å². The number of nitrogens with zero attached hydrogens (tertiary/aromatic N) is 1. The van der Waals surface area contributed by atoms with E-state index in [0.717, 1.165) is 36.5 Å². The highest BCUT2D eigenvalue weighted by atomic mass is 32.1. The second-order valence-corrected chi connectivity index (χ2v) is 4.68. The summed E-state index contributed by atoms with van der Waals surface area (Å²) in [5.74, 6) is 0. The number of aryl methyl sites for hydroxylation is 1. The van der Waals surface area contributed by atoms with E-state index < -0.39 is 0 Å². The predicted octanol–water partition coefficient (Wildman–Crippen LogP) is 2.26. The summed E-state index contributed by atoms with van der Waals surface area (Å²) < 4.78 is 0. The van der Waals surface area contributed by atoms with Gasteiger partial charge in [0, 0.05) is 17.7 Å². The molecule has 1 atom stereocenters. The van der Waals surface area contributed by atoms with Crippen LogP contribution in [0, 0.1) is 6.92 Å². The summed E-state index contributed by atoms with van der Waals surface area (Å²) in [4.78, 5) is 4.44. The van der Waals surface area contributed by atoms with E-state index in [0.29, 0.717) is 12.6 Å². The SMILES string of the molecule is Cc1csc(C(C)NCCCCCO)n1. The molecule has 0 fully saturated rings. The molecule has 0 aliphatic rings. The van der Waals surface area contributed by atoms with Crippen molar-refractivity contribution in [3.05, 3.63) is 16.1 Å². The second-order valence-electron chi connectivity index (χ2n) is 3.79. The standard InChI is InChI=1S/C11H20N2OS/c1-9-8-15-11(13-9)10(2)12-6-4-3-5-7-14/h8,10,12,14H,3-7H2,1-2H3. The number of aromatic nitrogens is 1. The van der Waals surface area contributed by atoms with Gasteiger partial charge in [0.15, 0.2) is 0 Å².